The summed E-state index contributed by atoms with van der Waals surface area (Å²) in [5.41, 5.74) is 0.998. The lowest BCUT2D eigenvalue weighted by Crippen LogP contribution is -2.44. The molecule has 6 nitrogen and oxygen atoms in total. The number of carbonyl (C=O) groups excluding carboxylic acids is 1. The van der Waals surface area contributed by atoms with E-state index >= 15 is 0 Å². The molecule has 22 heavy (non-hydrogen) atoms. The van der Waals surface area contributed by atoms with Gasteiger partial charge in [0.15, 0.2) is 5.82 Å². The number of ether oxygens (including phenoxy) is 1. The number of benzene rings is 1. The Bertz CT molecular complexity index is 712. The number of carbonyl (C=O) groups is 1. The average molecular weight is 298 g/mol. The van der Waals surface area contributed by atoms with Crippen LogP contribution in [-0.2, 0) is 11.3 Å². The highest BCUT2D eigenvalue weighted by Crippen LogP contribution is 2.36. The van der Waals surface area contributed by atoms with Crippen LogP contribution in [0, 0.1) is 0 Å². The maximum atomic E-state index is 13.1. The van der Waals surface area contributed by atoms with Crippen LogP contribution in [0.1, 0.15) is 36.7 Å². The van der Waals surface area contributed by atoms with Crippen molar-refractivity contribution in [3.05, 3.63) is 42.0 Å². The summed E-state index contributed by atoms with van der Waals surface area (Å²) in [7, 11) is 0. The molecule has 3 heterocycles. The minimum atomic E-state index is -0.123. The molecule has 0 fully saturated rings. The first-order chi connectivity index (χ1) is 10.8. The van der Waals surface area contributed by atoms with Crippen molar-refractivity contribution in [1.29, 1.82) is 0 Å². The van der Waals surface area contributed by atoms with Crippen molar-refractivity contribution < 1.29 is 9.53 Å². The molecule has 0 bridgehead atoms. The number of hydrogen-bond donors (Lipinski definition) is 0. The smallest absolute Gasteiger partial charge is 0.231 e. The van der Waals surface area contributed by atoms with Crippen molar-refractivity contribution in [2.45, 2.75) is 31.8 Å². The lowest BCUT2D eigenvalue weighted by atomic mass is 9.91. The van der Waals surface area contributed by atoms with Gasteiger partial charge < -0.3 is 14.2 Å². The Balaban J connectivity index is 1.64. The largest absolute Gasteiger partial charge is 0.493 e. The Morgan fingerprint density at radius 3 is 3.09 bits per heavy atom. The van der Waals surface area contributed by atoms with Crippen molar-refractivity contribution >= 4 is 5.91 Å². The van der Waals surface area contributed by atoms with Gasteiger partial charge in [-0.25, -0.2) is 0 Å². The van der Waals surface area contributed by atoms with Gasteiger partial charge in [-0.3, -0.25) is 4.79 Å². The number of nitrogens with zero attached hydrogens (tertiary/aromatic N) is 4. The molecule has 6 heteroatoms. The zero-order valence-corrected chi connectivity index (χ0v) is 12.5. The topological polar surface area (TPSA) is 60.2 Å². The fraction of sp³-hybridized carbons (Fsp3) is 0.438. The van der Waals surface area contributed by atoms with Crippen molar-refractivity contribution in [2.75, 3.05) is 13.2 Å². The van der Waals surface area contributed by atoms with Crippen LogP contribution in [0.5, 0.6) is 5.75 Å². The quantitative estimate of drug-likeness (QED) is 0.804. The van der Waals surface area contributed by atoms with Crippen molar-refractivity contribution in [3.63, 3.8) is 0 Å². The van der Waals surface area contributed by atoms with Gasteiger partial charge >= 0.3 is 0 Å². The third kappa shape index (κ3) is 1.98. The SMILES string of the molecule is CC1c2nncn2CCN1C(=O)C1CCOc2ccccc21. The fourth-order valence-corrected chi connectivity index (χ4v) is 3.41. The second-order valence-electron chi connectivity index (χ2n) is 5.82. The van der Waals surface area contributed by atoms with Crippen LogP contribution in [0.2, 0.25) is 0 Å². The van der Waals surface area contributed by atoms with E-state index in [1.165, 1.54) is 0 Å². The van der Waals surface area contributed by atoms with Crippen LogP contribution >= 0.6 is 0 Å². The van der Waals surface area contributed by atoms with Gasteiger partial charge in [0.25, 0.3) is 0 Å². The van der Waals surface area contributed by atoms with Crippen LogP contribution in [0.15, 0.2) is 30.6 Å². The molecule has 0 saturated carbocycles. The van der Waals surface area contributed by atoms with Gasteiger partial charge in [0.1, 0.15) is 12.1 Å². The summed E-state index contributed by atoms with van der Waals surface area (Å²) >= 11 is 0. The second-order valence-corrected chi connectivity index (χ2v) is 5.82. The zero-order valence-electron chi connectivity index (χ0n) is 12.5. The van der Waals surface area contributed by atoms with Gasteiger partial charge in [-0.1, -0.05) is 18.2 Å². The highest BCUT2D eigenvalue weighted by Gasteiger charge is 2.36. The van der Waals surface area contributed by atoms with Crippen molar-refractivity contribution in [1.82, 2.24) is 19.7 Å². The van der Waals surface area contributed by atoms with Crippen molar-refractivity contribution in [3.8, 4) is 5.75 Å². The van der Waals surface area contributed by atoms with E-state index in [2.05, 4.69) is 10.2 Å². The molecule has 2 unspecified atom stereocenters. The van der Waals surface area contributed by atoms with E-state index in [9.17, 15) is 4.79 Å². The summed E-state index contributed by atoms with van der Waals surface area (Å²) in [6.07, 6.45) is 2.46. The third-order valence-electron chi connectivity index (χ3n) is 4.61. The molecule has 1 aromatic carbocycles. The van der Waals surface area contributed by atoms with Gasteiger partial charge in [-0.15, -0.1) is 10.2 Å². The van der Waals surface area contributed by atoms with Crippen LogP contribution in [0.25, 0.3) is 0 Å². The molecular formula is C16H18N4O2. The van der Waals surface area contributed by atoms with Crippen LogP contribution < -0.4 is 4.74 Å². The van der Waals surface area contributed by atoms with E-state index in [0.717, 1.165) is 30.1 Å². The summed E-state index contributed by atoms with van der Waals surface area (Å²) in [4.78, 5) is 15.0. The number of amides is 1. The van der Waals surface area contributed by atoms with E-state index in [1.807, 2.05) is 40.7 Å². The molecule has 2 aromatic rings. The molecule has 114 valence electrons. The molecule has 2 atom stereocenters. The van der Waals surface area contributed by atoms with Crippen LogP contribution in [0.3, 0.4) is 0 Å². The average Bonchev–Trinajstić information content (AvgIpc) is 3.04. The molecule has 1 amide bonds. The predicted octanol–water partition coefficient (Wildman–Crippen LogP) is 1.75. The lowest BCUT2D eigenvalue weighted by molar-refractivity contribution is -0.136. The standard InChI is InChI=1S/C16H18N4O2/c1-11-15-18-17-10-19(15)7-8-20(11)16(21)13-6-9-22-14-5-3-2-4-12(13)14/h2-5,10-11,13H,6-9H2,1H3. The predicted molar refractivity (Wildman–Crippen MR) is 79.4 cm³/mol. The minimum Gasteiger partial charge on any atom is -0.493 e. The molecule has 0 aliphatic carbocycles. The molecule has 4 rings (SSSR count). The van der Waals surface area contributed by atoms with E-state index < -0.39 is 0 Å². The fourth-order valence-electron chi connectivity index (χ4n) is 3.41. The van der Waals surface area contributed by atoms with Gasteiger partial charge in [0, 0.05) is 18.7 Å². The monoisotopic (exact) mass is 298 g/mol. The maximum absolute atomic E-state index is 13.1. The van der Waals surface area contributed by atoms with Gasteiger partial charge in [-0.05, 0) is 19.4 Å². The summed E-state index contributed by atoms with van der Waals surface area (Å²) in [6.45, 7) is 4.06. The van der Waals surface area contributed by atoms with E-state index in [0.29, 0.717) is 13.2 Å². The molecule has 1 aromatic heterocycles. The Hall–Kier alpha value is -2.37. The Kier molecular flexibility index (Phi) is 3.10. The molecular weight excluding hydrogens is 280 g/mol. The Morgan fingerprint density at radius 2 is 2.18 bits per heavy atom. The van der Waals surface area contributed by atoms with Crippen molar-refractivity contribution in [2.24, 2.45) is 0 Å². The number of hydrogen-bond acceptors (Lipinski definition) is 4. The lowest BCUT2D eigenvalue weighted by Gasteiger charge is -2.37. The normalized spacial score (nSPS) is 23.4. The first-order valence-corrected chi connectivity index (χ1v) is 7.65. The van der Waals surface area contributed by atoms with Gasteiger partial charge in [0.2, 0.25) is 5.91 Å². The zero-order chi connectivity index (χ0) is 15.1. The Labute approximate surface area is 128 Å². The maximum Gasteiger partial charge on any atom is 0.231 e. The molecule has 2 aliphatic rings. The van der Waals surface area contributed by atoms with Crippen LogP contribution in [0.4, 0.5) is 0 Å². The van der Waals surface area contributed by atoms with Gasteiger partial charge in [-0.2, -0.15) is 0 Å². The molecule has 0 N–H and O–H groups in total. The van der Waals surface area contributed by atoms with Gasteiger partial charge in [0.05, 0.1) is 18.6 Å². The third-order valence-corrected chi connectivity index (χ3v) is 4.61. The second kappa shape index (κ2) is 5.12. The molecule has 0 spiro atoms. The summed E-state index contributed by atoms with van der Waals surface area (Å²) in [5.74, 6) is 1.74. The summed E-state index contributed by atoms with van der Waals surface area (Å²) in [5, 5.41) is 8.11. The summed E-state index contributed by atoms with van der Waals surface area (Å²) in [6, 6.07) is 7.79. The molecule has 0 saturated heterocycles. The minimum absolute atomic E-state index is 0.0428. The number of para-hydroxylation sites is 1. The van der Waals surface area contributed by atoms with E-state index in [-0.39, 0.29) is 17.9 Å². The number of aromatic nitrogens is 3. The first-order valence-electron chi connectivity index (χ1n) is 7.65. The molecule has 2 aliphatic heterocycles. The number of fused-ring (bicyclic) bond motifs is 2. The highest BCUT2D eigenvalue weighted by molar-refractivity contribution is 5.85. The molecule has 0 radical (unpaired) electrons. The van der Waals surface area contributed by atoms with E-state index in [4.69, 9.17) is 4.74 Å². The highest BCUT2D eigenvalue weighted by atomic mass is 16.5. The Morgan fingerprint density at radius 1 is 1.32 bits per heavy atom. The first kappa shape index (κ1) is 13.3. The van der Waals surface area contributed by atoms with E-state index in [1.54, 1.807) is 6.33 Å². The van der Waals surface area contributed by atoms with Crippen LogP contribution in [-0.4, -0.2) is 38.7 Å². The number of rotatable bonds is 1. The summed E-state index contributed by atoms with van der Waals surface area (Å²) < 4.78 is 7.68.